The maximum absolute atomic E-state index is 4.07. The third-order valence-electron chi connectivity index (χ3n) is 1.27. The van der Waals surface area contributed by atoms with Crippen LogP contribution in [0.15, 0.2) is 28.4 Å². The van der Waals surface area contributed by atoms with E-state index < -0.39 is 0 Å². The highest BCUT2D eigenvalue weighted by atomic mass is 14.7. The summed E-state index contributed by atoms with van der Waals surface area (Å²) in [6, 6.07) is 0. The highest BCUT2D eigenvalue weighted by Crippen LogP contribution is 1.99. The molecule has 56 valence electrons. The second kappa shape index (κ2) is 4.04. The molecule has 0 N–H and O–H groups in total. The molecule has 0 aliphatic heterocycles. The average Bonchev–Trinajstić information content (AvgIpc) is 1.82. The van der Waals surface area contributed by atoms with Gasteiger partial charge in [0.2, 0.25) is 0 Å². The number of rotatable bonds is 2. The van der Waals surface area contributed by atoms with Crippen LogP contribution in [0.4, 0.5) is 0 Å². The monoisotopic (exact) mass is 137 g/mol. The molecule has 0 atom stereocenters. The van der Waals surface area contributed by atoms with Gasteiger partial charge in [0.1, 0.15) is 0 Å². The number of nitrogens with zero attached hydrogens (tertiary/aromatic N) is 1. The molecule has 0 aromatic carbocycles. The highest BCUT2D eigenvalue weighted by molar-refractivity contribution is 5.79. The molecule has 0 fully saturated rings. The summed E-state index contributed by atoms with van der Waals surface area (Å²) in [7, 11) is 0. The van der Waals surface area contributed by atoms with Crippen molar-refractivity contribution in [3.05, 3.63) is 23.4 Å². The first-order valence-corrected chi connectivity index (χ1v) is 3.37. The second-order valence-electron chi connectivity index (χ2n) is 2.68. The molecule has 0 unspecified atom stereocenters. The van der Waals surface area contributed by atoms with Gasteiger partial charge in [0.05, 0.1) is 0 Å². The molecular formula is C9H15N. The summed E-state index contributed by atoms with van der Waals surface area (Å²) in [6.07, 6.45) is 1.84. The maximum Gasteiger partial charge on any atom is 0.0301 e. The Bertz CT molecular complexity index is 181. The van der Waals surface area contributed by atoms with Gasteiger partial charge in [-0.15, -0.1) is 0 Å². The van der Waals surface area contributed by atoms with Gasteiger partial charge in [0, 0.05) is 11.9 Å². The van der Waals surface area contributed by atoms with Crippen LogP contribution in [-0.4, -0.2) is 6.21 Å². The van der Waals surface area contributed by atoms with Crippen LogP contribution in [-0.2, 0) is 0 Å². The molecule has 0 aromatic heterocycles. The Kier molecular flexibility index (Phi) is 3.70. The standard InChI is InChI=1S/C9H15N/c1-7(2)9(5)6-10-8(3)4/h6H,3H2,1-2,4-5H3/b10-6-. The van der Waals surface area contributed by atoms with Gasteiger partial charge in [-0.3, -0.25) is 4.99 Å². The number of aliphatic imine (C=N–C) groups is 1. The first-order chi connectivity index (χ1) is 4.54. The lowest BCUT2D eigenvalue weighted by molar-refractivity contribution is 1.29. The minimum atomic E-state index is 0.848. The fourth-order valence-electron chi connectivity index (χ4n) is 0.336. The predicted octanol–water partition coefficient (Wildman–Crippen LogP) is 2.95. The van der Waals surface area contributed by atoms with Crippen LogP contribution in [0.1, 0.15) is 27.7 Å². The van der Waals surface area contributed by atoms with Crippen molar-refractivity contribution in [2.75, 3.05) is 0 Å². The normalized spacial score (nSPS) is 10.0. The van der Waals surface area contributed by atoms with Crippen LogP contribution < -0.4 is 0 Å². The Labute approximate surface area is 63.2 Å². The first-order valence-electron chi connectivity index (χ1n) is 3.37. The van der Waals surface area contributed by atoms with Gasteiger partial charge in [-0.2, -0.15) is 0 Å². The van der Waals surface area contributed by atoms with Gasteiger partial charge < -0.3 is 0 Å². The van der Waals surface area contributed by atoms with Gasteiger partial charge in [-0.1, -0.05) is 12.2 Å². The lowest BCUT2D eigenvalue weighted by Gasteiger charge is -1.93. The van der Waals surface area contributed by atoms with Crippen molar-refractivity contribution in [3.8, 4) is 0 Å². The molecule has 0 saturated carbocycles. The minimum Gasteiger partial charge on any atom is -0.262 e. The van der Waals surface area contributed by atoms with Crippen LogP contribution >= 0.6 is 0 Å². The molecule has 0 aliphatic rings. The van der Waals surface area contributed by atoms with Gasteiger partial charge in [-0.25, -0.2) is 0 Å². The van der Waals surface area contributed by atoms with Crippen molar-refractivity contribution >= 4 is 6.21 Å². The van der Waals surface area contributed by atoms with Crippen molar-refractivity contribution in [2.45, 2.75) is 27.7 Å². The summed E-state index contributed by atoms with van der Waals surface area (Å²) >= 11 is 0. The fraction of sp³-hybridized carbons (Fsp3) is 0.444. The summed E-state index contributed by atoms with van der Waals surface area (Å²) in [5.41, 5.74) is 3.36. The third-order valence-corrected chi connectivity index (χ3v) is 1.27. The summed E-state index contributed by atoms with van der Waals surface area (Å²) in [4.78, 5) is 4.07. The second-order valence-corrected chi connectivity index (χ2v) is 2.68. The van der Waals surface area contributed by atoms with E-state index in [1.807, 2.05) is 20.1 Å². The van der Waals surface area contributed by atoms with Crippen molar-refractivity contribution < 1.29 is 0 Å². The van der Waals surface area contributed by atoms with Crippen LogP contribution in [0.5, 0.6) is 0 Å². The Balaban J connectivity index is 4.16. The van der Waals surface area contributed by atoms with E-state index in [-0.39, 0.29) is 0 Å². The van der Waals surface area contributed by atoms with Gasteiger partial charge >= 0.3 is 0 Å². The van der Waals surface area contributed by atoms with E-state index in [2.05, 4.69) is 25.4 Å². The molecule has 0 amide bonds. The zero-order chi connectivity index (χ0) is 8.15. The zero-order valence-electron chi connectivity index (χ0n) is 7.23. The van der Waals surface area contributed by atoms with E-state index in [0.717, 1.165) is 5.70 Å². The van der Waals surface area contributed by atoms with Crippen LogP contribution in [0.3, 0.4) is 0 Å². The van der Waals surface area contributed by atoms with Crippen LogP contribution in [0, 0.1) is 0 Å². The summed E-state index contributed by atoms with van der Waals surface area (Å²) in [6.45, 7) is 11.7. The van der Waals surface area contributed by atoms with Gasteiger partial charge in [-0.05, 0) is 33.3 Å². The fourth-order valence-corrected chi connectivity index (χ4v) is 0.336. The zero-order valence-corrected chi connectivity index (χ0v) is 7.23. The maximum atomic E-state index is 4.07. The molecule has 1 nitrogen and oxygen atoms in total. The quantitative estimate of drug-likeness (QED) is 0.519. The van der Waals surface area contributed by atoms with E-state index in [0.29, 0.717) is 0 Å². The predicted molar refractivity (Wildman–Crippen MR) is 47.4 cm³/mol. The lowest BCUT2D eigenvalue weighted by Crippen LogP contribution is -1.81. The average molecular weight is 137 g/mol. The number of allylic oxidation sites excluding steroid dienone is 3. The van der Waals surface area contributed by atoms with Gasteiger partial charge in [0.25, 0.3) is 0 Å². The highest BCUT2D eigenvalue weighted by Gasteiger charge is 1.84. The largest absolute Gasteiger partial charge is 0.262 e. The van der Waals surface area contributed by atoms with E-state index >= 15 is 0 Å². The summed E-state index contributed by atoms with van der Waals surface area (Å²) < 4.78 is 0. The topological polar surface area (TPSA) is 12.4 Å². The van der Waals surface area contributed by atoms with E-state index in [1.165, 1.54) is 11.1 Å². The smallest absolute Gasteiger partial charge is 0.0301 e. The molecule has 10 heavy (non-hydrogen) atoms. The van der Waals surface area contributed by atoms with Crippen molar-refractivity contribution in [3.63, 3.8) is 0 Å². The molecule has 0 radical (unpaired) electrons. The van der Waals surface area contributed by atoms with Crippen LogP contribution in [0.2, 0.25) is 0 Å². The molecule has 0 bridgehead atoms. The van der Waals surface area contributed by atoms with E-state index in [9.17, 15) is 0 Å². The molecule has 0 spiro atoms. The molecule has 0 rings (SSSR count). The molecule has 1 heteroatoms. The Morgan fingerprint density at radius 1 is 1.20 bits per heavy atom. The Morgan fingerprint density at radius 2 is 1.70 bits per heavy atom. The van der Waals surface area contributed by atoms with E-state index in [4.69, 9.17) is 0 Å². The minimum absolute atomic E-state index is 0.848. The Morgan fingerprint density at radius 3 is 2.00 bits per heavy atom. The van der Waals surface area contributed by atoms with Crippen molar-refractivity contribution in [1.29, 1.82) is 0 Å². The molecule has 0 saturated heterocycles. The van der Waals surface area contributed by atoms with Crippen LogP contribution in [0.25, 0.3) is 0 Å². The van der Waals surface area contributed by atoms with Crippen molar-refractivity contribution in [2.24, 2.45) is 4.99 Å². The molecular weight excluding hydrogens is 122 g/mol. The lowest BCUT2D eigenvalue weighted by atomic mass is 10.2. The molecule has 0 heterocycles. The van der Waals surface area contributed by atoms with E-state index in [1.54, 1.807) is 0 Å². The molecule has 0 aromatic rings. The van der Waals surface area contributed by atoms with Gasteiger partial charge in [0.15, 0.2) is 0 Å². The number of hydrogen-bond acceptors (Lipinski definition) is 1. The van der Waals surface area contributed by atoms with Crippen molar-refractivity contribution in [1.82, 2.24) is 0 Å². The third kappa shape index (κ3) is 4.07. The molecule has 0 aliphatic carbocycles. The summed E-state index contributed by atoms with van der Waals surface area (Å²) in [5, 5.41) is 0. The summed E-state index contributed by atoms with van der Waals surface area (Å²) in [5.74, 6) is 0. The first kappa shape index (κ1) is 9.15. The Hall–Kier alpha value is -0.850. The number of hydrogen-bond donors (Lipinski definition) is 0. The SMILES string of the molecule is C=C(C)/N=C\C(C)=C(C)C.